The van der Waals surface area contributed by atoms with Crippen molar-refractivity contribution in [2.75, 3.05) is 26.1 Å². The molecule has 0 radical (unpaired) electrons. The molecule has 1 aromatic heterocycles. The second kappa shape index (κ2) is 7.34. The van der Waals surface area contributed by atoms with Crippen molar-refractivity contribution in [3.8, 4) is 11.5 Å². The maximum atomic E-state index is 12.0. The molecule has 1 heterocycles. The number of H-pyrrole nitrogens is 1. The van der Waals surface area contributed by atoms with Crippen LogP contribution in [0, 0.1) is 6.92 Å². The zero-order chi connectivity index (χ0) is 17.0. The second-order valence-electron chi connectivity index (χ2n) is 4.76. The van der Waals surface area contributed by atoms with Crippen molar-refractivity contribution >= 4 is 23.2 Å². The van der Waals surface area contributed by atoms with E-state index in [4.69, 9.17) is 26.2 Å². The molecular formula is C15H18ClN3O4. The molecule has 2 aromatic rings. The summed E-state index contributed by atoms with van der Waals surface area (Å²) in [5.74, 6) is 1.21. The number of aryl methyl sites for hydroxylation is 1. The Balaban J connectivity index is 2.41. The molecule has 0 fully saturated rings. The fourth-order valence-corrected chi connectivity index (χ4v) is 2.39. The fraction of sp³-hybridized carbons (Fsp3) is 0.333. The van der Waals surface area contributed by atoms with E-state index in [2.05, 4.69) is 15.3 Å². The van der Waals surface area contributed by atoms with E-state index in [1.54, 1.807) is 19.1 Å². The SMILES string of the molecule is COc1cc(Nc2nc(C)c(CCO)c(=O)[nH]2)c(OC)cc1Cl. The van der Waals surface area contributed by atoms with Crippen molar-refractivity contribution in [3.05, 3.63) is 38.8 Å². The van der Waals surface area contributed by atoms with E-state index in [1.165, 1.54) is 14.2 Å². The molecule has 2 rings (SSSR count). The van der Waals surface area contributed by atoms with Crippen LogP contribution in [0.2, 0.25) is 5.02 Å². The van der Waals surface area contributed by atoms with Gasteiger partial charge in [-0.1, -0.05) is 11.6 Å². The van der Waals surface area contributed by atoms with Gasteiger partial charge in [0, 0.05) is 30.7 Å². The first kappa shape index (κ1) is 17.1. The number of methoxy groups -OCH3 is 2. The van der Waals surface area contributed by atoms with Gasteiger partial charge in [-0.2, -0.15) is 0 Å². The summed E-state index contributed by atoms with van der Waals surface area (Å²) in [6, 6.07) is 3.26. The lowest BCUT2D eigenvalue weighted by Gasteiger charge is -2.14. The second-order valence-corrected chi connectivity index (χ2v) is 5.17. The number of hydrogen-bond acceptors (Lipinski definition) is 6. The molecule has 124 valence electrons. The van der Waals surface area contributed by atoms with Crippen LogP contribution in [0.3, 0.4) is 0 Å². The van der Waals surface area contributed by atoms with Gasteiger partial charge in [0.2, 0.25) is 5.95 Å². The van der Waals surface area contributed by atoms with Crippen molar-refractivity contribution in [2.24, 2.45) is 0 Å². The normalized spacial score (nSPS) is 10.5. The van der Waals surface area contributed by atoms with Gasteiger partial charge < -0.3 is 19.9 Å². The van der Waals surface area contributed by atoms with E-state index in [-0.39, 0.29) is 24.5 Å². The maximum Gasteiger partial charge on any atom is 0.255 e. The number of nitrogens with zero attached hydrogens (tertiary/aromatic N) is 1. The summed E-state index contributed by atoms with van der Waals surface area (Å²) in [6.07, 6.45) is 0.256. The Labute approximate surface area is 138 Å². The van der Waals surface area contributed by atoms with Crippen molar-refractivity contribution in [1.29, 1.82) is 0 Å². The van der Waals surface area contributed by atoms with Crippen LogP contribution in [-0.2, 0) is 6.42 Å². The quantitative estimate of drug-likeness (QED) is 0.745. The lowest BCUT2D eigenvalue weighted by molar-refractivity contribution is 0.298. The van der Waals surface area contributed by atoms with Crippen LogP contribution in [0.1, 0.15) is 11.3 Å². The summed E-state index contributed by atoms with van der Waals surface area (Å²) < 4.78 is 10.4. The van der Waals surface area contributed by atoms with Crippen LogP contribution >= 0.6 is 11.6 Å². The summed E-state index contributed by atoms with van der Waals surface area (Å²) in [7, 11) is 3.01. The molecular weight excluding hydrogens is 322 g/mol. The smallest absolute Gasteiger partial charge is 0.255 e. The van der Waals surface area contributed by atoms with Gasteiger partial charge in [0.15, 0.2) is 0 Å². The minimum Gasteiger partial charge on any atom is -0.495 e. The first-order chi connectivity index (χ1) is 11.0. The van der Waals surface area contributed by atoms with Gasteiger partial charge in [0.1, 0.15) is 11.5 Å². The topological polar surface area (TPSA) is 96.5 Å². The Morgan fingerprint density at radius 3 is 2.57 bits per heavy atom. The molecule has 1 aromatic carbocycles. The van der Waals surface area contributed by atoms with Gasteiger partial charge >= 0.3 is 0 Å². The molecule has 7 nitrogen and oxygen atoms in total. The number of aliphatic hydroxyl groups excluding tert-OH is 1. The van der Waals surface area contributed by atoms with E-state index >= 15 is 0 Å². The lowest BCUT2D eigenvalue weighted by Crippen LogP contribution is -2.19. The number of aromatic nitrogens is 2. The zero-order valence-electron chi connectivity index (χ0n) is 13.1. The molecule has 0 spiro atoms. The zero-order valence-corrected chi connectivity index (χ0v) is 13.8. The van der Waals surface area contributed by atoms with Crippen molar-refractivity contribution in [2.45, 2.75) is 13.3 Å². The summed E-state index contributed by atoms with van der Waals surface area (Å²) in [6.45, 7) is 1.60. The average Bonchev–Trinajstić information content (AvgIpc) is 2.52. The number of benzene rings is 1. The maximum absolute atomic E-state index is 12.0. The minimum absolute atomic E-state index is 0.111. The van der Waals surface area contributed by atoms with Crippen molar-refractivity contribution < 1.29 is 14.6 Å². The first-order valence-corrected chi connectivity index (χ1v) is 7.27. The molecule has 8 heteroatoms. The van der Waals surface area contributed by atoms with Crippen LogP contribution in [0.5, 0.6) is 11.5 Å². The number of nitrogens with one attached hydrogen (secondary N) is 2. The van der Waals surface area contributed by atoms with Crippen LogP contribution < -0.4 is 20.3 Å². The molecule has 23 heavy (non-hydrogen) atoms. The Morgan fingerprint density at radius 1 is 1.30 bits per heavy atom. The van der Waals surface area contributed by atoms with Gasteiger partial charge in [0.25, 0.3) is 5.56 Å². The van der Waals surface area contributed by atoms with Gasteiger partial charge in [0.05, 0.1) is 30.6 Å². The van der Waals surface area contributed by atoms with Gasteiger partial charge in [-0.05, 0) is 6.92 Å². The summed E-state index contributed by atoms with van der Waals surface area (Å²) >= 11 is 6.06. The molecule has 0 saturated carbocycles. The Morgan fingerprint density at radius 2 is 2.00 bits per heavy atom. The highest BCUT2D eigenvalue weighted by molar-refractivity contribution is 6.32. The molecule has 3 N–H and O–H groups in total. The number of halogens is 1. The molecule has 0 unspecified atom stereocenters. The molecule has 0 aliphatic carbocycles. The van der Waals surface area contributed by atoms with E-state index in [0.717, 1.165) is 0 Å². The first-order valence-electron chi connectivity index (χ1n) is 6.89. The molecule has 0 atom stereocenters. The van der Waals surface area contributed by atoms with Crippen LogP contribution in [0.4, 0.5) is 11.6 Å². The van der Waals surface area contributed by atoms with E-state index in [1.807, 2.05) is 0 Å². The van der Waals surface area contributed by atoms with E-state index in [9.17, 15) is 4.79 Å². The Bertz CT molecular complexity index is 761. The number of anilines is 2. The Kier molecular flexibility index (Phi) is 5.46. The van der Waals surface area contributed by atoms with Gasteiger partial charge in [-0.15, -0.1) is 0 Å². The van der Waals surface area contributed by atoms with Gasteiger partial charge in [-0.25, -0.2) is 4.98 Å². The predicted molar refractivity (Wildman–Crippen MR) is 88.2 cm³/mol. The standard InChI is InChI=1S/C15H18ClN3O4/c1-8-9(4-5-20)14(21)19-15(17-8)18-11-7-12(22-2)10(16)6-13(11)23-3/h6-7,20H,4-5H2,1-3H3,(H2,17,18,19,21). The monoisotopic (exact) mass is 339 g/mol. The van der Waals surface area contributed by atoms with Crippen molar-refractivity contribution in [1.82, 2.24) is 9.97 Å². The lowest BCUT2D eigenvalue weighted by atomic mass is 10.2. The molecule has 0 aliphatic rings. The number of aromatic amines is 1. The average molecular weight is 340 g/mol. The number of rotatable bonds is 6. The van der Waals surface area contributed by atoms with Crippen LogP contribution in [0.15, 0.2) is 16.9 Å². The van der Waals surface area contributed by atoms with Crippen LogP contribution in [0.25, 0.3) is 0 Å². The molecule has 0 aliphatic heterocycles. The van der Waals surface area contributed by atoms with Crippen molar-refractivity contribution in [3.63, 3.8) is 0 Å². The molecule has 0 amide bonds. The van der Waals surface area contributed by atoms with Crippen LogP contribution in [-0.4, -0.2) is 35.9 Å². The summed E-state index contributed by atoms with van der Waals surface area (Å²) in [5.41, 5.74) is 1.25. The number of aliphatic hydroxyl groups is 1. The highest BCUT2D eigenvalue weighted by Gasteiger charge is 2.13. The van der Waals surface area contributed by atoms with E-state index < -0.39 is 0 Å². The third-order valence-corrected chi connectivity index (χ3v) is 3.61. The summed E-state index contributed by atoms with van der Waals surface area (Å²) in [5, 5.41) is 12.4. The van der Waals surface area contributed by atoms with E-state index in [0.29, 0.717) is 33.5 Å². The number of hydrogen-bond donors (Lipinski definition) is 3. The highest BCUT2D eigenvalue weighted by atomic mass is 35.5. The molecule has 0 bridgehead atoms. The fourth-order valence-electron chi connectivity index (χ4n) is 2.16. The number of ether oxygens (including phenoxy) is 2. The van der Waals surface area contributed by atoms with Gasteiger partial charge in [-0.3, -0.25) is 9.78 Å². The Hall–Kier alpha value is -2.25. The highest BCUT2D eigenvalue weighted by Crippen LogP contribution is 2.36. The third kappa shape index (κ3) is 3.75. The predicted octanol–water partition coefficient (Wildman–Crippen LogP) is 2.03. The largest absolute Gasteiger partial charge is 0.495 e. The minimum atomic E-state index is -0.297. The summed E-state index contributed by atoms with van der Waals surface area (Å²) in [4.78, 5) is 19.0. The third-order valence-electron chi connectivity index (χ3n) is 3.31. The molecule has 0 saturated heterocycles.